The number of unbranched alkanes of at least 4 members (excludes halogenated alkanes) is 2. The molecule has 0 bridgehead atoms. The van der Waals surface area contributed by atoms with Gasteiger partial charge in [-0.25, -0.2) is 8.78 Å². The van der Waals surface area contributed by atoms with E-state index in [1.165, 1.54) is 37.8 Å². The number of aryl methyl sites for hydroxylation is 1. The van der Waals surface area contributed by atoms with Gasteiger partial charge in [0.15, 0.2) is 0 Å². The van der Waals surface area contributed by atoms with Gasteiger partial charge in [0.05, 0.1) is 11.7 Å². The first-order chi connectivity index (χ1) is 14.2. The molecule has 172 valence electrons. The molecule has 2 fully saturated rings. The second-order valence-corrected chi connectivity index (χ2v) is 9.71. The van der Waals surface area contributed by atoms with Crippen molar-refractivity contribution in [2.24, 2.45) is 0 Å². The molecule has 30 heavy (non-hydrogen) atoms. The van der Waals surface area contributed by atoms with Crippen LogP contribution in [-0.4, -0.2) is 33.5 Å². The van der Waals surface area contributed by atoms with Gasteiger partial charge in [-0.05, 0) is 63.1 Å². The van der Waals surface area contributed by atoms with Gasteiger partial charge in [-0.1, -0.05) is 52.4 Å². The average molecular weight is 426 g/mol. The second kappa shape index (κ2) is 11.5. The number of piperidine rings is 1. The molecule has 3 atom stereocenters. The van der Waals surface area contributed by atoms with Gasteiger partial charge in [-0.2, -0.15) is 0 Å². The minimum atomic E-state index is -0.792. The maximum atomic E-state index is 13.3. The van der Waals surface area contributed by atoms with Gasteiger partial charge in [0.2, 0.25) is 0 Å². The zero-order chi connectivity index (χ0) is 22.2. The van der Waals surface area contributed by atoms with E-state index >= 15 is 0 Å². The van der Waals surface area contributed by atoms with Crippen LogP contribution in [0.5, 0.6) is 0 Å². The largest absolute Gasteiger partial charge is 0.391 e. The van der Waals surface area contributed by atoms with E-state index in [2.05, 4.69) is 19.2 Å². The van der Waals surface area contributed by atoms with Crippen LogP contribution < -0.4 is 5.32 Å². The Hall–Kier alpha value is -1.04. The molecule has 0 aromatic heterocycles. The first-order valence-corrected chi connectivity index (χ1v) is 11.8. The number of nitrogens with one attached hydrogen (secondary N) is 1. The van der Waals surface area contributed by atoms with E-state index in [0.29, 0.717) is 24.8 Å². The van der Waals surface area contributed by atoms with Crippen molar-refractivity contribution in [2.45, 2.75) is 121 Å². The molecule has 1 aliphatic heterocycles. The van der Waals surface area contributed by atoms with E-state index in [9.17, 15) is 19.0 Å². The molecule has 1 heterocycles. The molecule has 0 radical (unpaired) electrons. The Morgan fingerprint density at radius 1 is 1.07 bits per heavy atom. The van der Waals surface area contributed by atoms with Gasteiger partial charge >= 0.3 is 0 Å². The number of hydrogen-bond acceptors (Lipinski definition) is 3. The van der Waals surface area contributed by atoms with Crippen molar-refractivity contribution in [3.63, 3.8) is 0 Å². The van der Waals surface area contributed by atoms with Crippen LogP contribution in [0.3, 0.4) is 0 Å². The fourth-order valence-corrected chi connectivity index (χ4v) is 5.18. The zero-order valence-corrected chi connectivity index (χ0v) is 19.0. The van der Waals surface area contributed by atoms with Crippen LogP contribution in [0.1, 0.15) is 97.0 Å². The highest BCUT2D eigenvalue weighted by atomic mass is 19.1. The van der Waals surface area contributed by atoms with Gasteiger partial charge in [0.1, 0.15) is 11.6 Å². The summed E-state index contributed by atoms with van der Waals surface area (Å²) in [6.45, 7) is 6.28. The molecule has 3 nitrogen and oxygen atoms in total. The predicted octanol–water partition coefficient (Wildman–Crippen LogP) is 5.66. The van der Waals surface area contributed by atoms with Crippen molar-refractivity contribution in [1.29, 1.82) is 0 Å². The number of benzene rings is 1. The van der Waals surface area contributed by atoms with Crippen molar-refractivity contribution in [3.8, 4) is 0 Å². The Labute approximate surface area is 181 Å². The molecule has 1 aromatic carbocycles. The molecule has 5 heteroatoms. The number of aliphatic hydroxyl groups excluding tert-OH is 1. The third-order valence-corrected chi connectivity index (χ3v) is 6.50. The first-order valence-electron chi connectivity index (χ1n) is 11.8. The van der Waals surface area contributed by atoms with Gasteiger partial charge in [0.25, 0.3) is 0 Å². The van der Waals surface area contributed by atoms with Crippen molar-refractivity contribution in [3.05, 3.63) is 35.4 Å². The molecule has 2 aliphatic rings. The number of halogens is 2. The zero-order valence-electron chi connectivity index (χ0n) is 19.0. The normalized spacial score (nSPS) is 26.7. The summed E-state index contributed by atoms with van der Waals surface area (Å²) in [4.78, 5) is 0. The van der Waals surface area contributed by atoms with Crippen LogP contribution in [0.15, 0.2) is 18.2 Å². The Morgan fingerprint density at radius 2 is 1.67 bits per heavy atom. The molecule has 3 unspecified atom stereocenters. The van der Waals surface area contributed by atoms with Gasteiger partial charge in [-0.3, -0.25) is 0 Å². The summed E-state index contributed by atoms with van der Waals surface area (Å²) in [6, 6.07) is 3.28. The first kappa shape index (κ1) is 25.2. The van der Waals surface area contributed by atoms with Crippen molar-refractivity contribution >= 4 is 0 Å². The molecule has 3 rings (SSSR count). The fourth-order valence-electron chi connectivity index (χ4n) is 5.18. The highest BCUT2D eigenvalue weighted by Crippen LogP contribution is 2.41. The molecular formula is C25H41F2NO2. The summed E-state index contributed by atoms with van der Waals surface area (Å²) >= 11 is 0. The Balaban J connectivity index is 0.000000575. The van der Waals surface area contributed by atoms with Crippen LogP contribution in [-0.2, 0) is 6.42 Å². The quantitative estimate of drug-likeness (QED) is 0.551. The molecule has 1 aromatic rings. The topological polar surface area (TPSA) is 52.5 Å². The Bertz CT molecular complexity index is 622. The summed E-state index contributed by atoms with van der Waals surface area (Å²) < 4.78 is 26.6. The standard InChI is InChI=1S/C20H29F2NO2.C5H12/c1-19(25)12-17(23-20(13-19)7-3-2-4-8-20)18(24)6-5-14-9-15(21)11-16(22)10-14;1-3-5-4-2/h9-11,17-18,23-25H,2-8,12-13H2,1H3;3-5H2,1-2H3. The summed E-state index contributed by atoms with van der Waals surface area (Å²) in [5.41, 5.74) is -0.331. The maximum absolute atomic E-state index is 13.3. The molecule has 0 amide bonds. The van der Waals surface area contributed by atoms with E-state index in [0.717, 1.165) is 38.2 Å². The van der Waals surface area contributed by atoms with E-state index in [-0.39, 0.29) is 11.6 Å². The van der Waals surface area contributed by atoms with E-state index < -0.39 is 23.3 Å². The SMILES string of the molecule is CC1(O)CC(C(O)CCc2cc(F)cc(F)c2)NC2(CCCCC2)C1.CCCCC. The predicted molar refractivity (Wildman–Crippen MR) is 118 cm³/mol. The van der Waals surface area contributed by atoms with Crippen LogP contribution in [0, 0.1) is 11.6 Å². The van der Waals surface area contributed by atoms with Gasteiger partial charge < -0.3 is 15.5 Å². The lowest BCUT2D eigenvalue weighted by atomic mass is 9.69. The van der Waals surface area contributed by atoms with Crippen molar-refractivity contribution < 1.29 is 19.0 Å². The van der Waals surface area contributed by atoms with Crippen LogP contribution in [0.4, 0.5) is 8.78 Å². The monoisotopic (exact) mass is 425 g/mol. The Morgan fingerprint density at radius 3 is 2.20 bits per heavy atom. The summed E-state index contributed by atoms with van der Waals surface area (Å²) in [5.74, 6) is -1.19. The van der Waals surface area contributed by atoms with E-state index in [4.69, 9.17) is 0 Å². The summed E-state index contributed by atoms with van der Waals surface area (Å²) in [7, 11) is 0. The highest BCUT2D eigenvalue weighted by Gasteiger charge is 2.46. The summed E-state index contributed by atoms with van der Waals surface area (Å²) in [5, 5.41) is 25.0. The minimum Gasteiger partial charge on any atom is -0.391 e. The van der Waals surface area contributed by atoms with Crippen LogP contribution >= 0.6 is 0 Å². The highest BCUT2D eigenvalue weighted by molar-refractivity contribution is 5.18. The maximum Gasteiger partial charge on any atom is 0.126 e. The molecule has 1 saturated carbocycles. The molecule has 3 N–H and O–H groups in total. The molecular weight excluding hydrogens is 384 g/mol. The minimum absolute atomic E-state index is 0.0867. The lowest BCUT2D eigenvalue weighted by molar-refractivity contribution is -0.0650. The van der Waals surface area contributed by atoms with Gasteiger partial charge in [0, 0.05) is 17.6 Å². The van der Waals surface area contributed by atoms with Crippen molar-refractivity contribution in [1.82, 2.24) is 5.32 Å². The third-order valence-electron chi connectivity index (χ3n) is 6.50. The Kier molecular flexibility index (Phi) is 9.70. The van der Waals surface area contributed by atoms with Crippen LogP contribution in [0.2, 0.25) is 0 Å². The average Bonchev–Trinajstić information content (AvgIpc) is 2.65. The number of rotatable bonds is 6. The van der Waals surface area contributed by atoms with Crippen LogP contribution in [0.25, 0.3) is 0 Å². The molecule has 1 saturated heterocycles. The van der Waals surface area contributed by atoms with Crippen molar-refractivity contribution in [2.75, 3.05) is 0 Å². The number of hydrogen-bond donors (Lipinski definition) is 3. The lowest BCUT2D eigenvalue weighted by Crippen LogP contribution is -2.64. The third kappa shape index (κ3) is 7.90. The number of aliphatic hydroxyl groups is 2. The molecule has 1 spiro atoms. The summed E-state index contributed by atoms with van der Waals surface area (Å²) in [6.07, 6.45) is 11.0. The second-order valence-electron chi connectivity index (χ2n) is 9.71. The smallest absolute Gasteiger partial charge is 0.126 e. The molecule has 1 aliphatic carbocycles. The fraction of sp³-hybridized carbons (Fsp3) is 0.760. The van der Waals surface area contributed by atoms with Gasteiger partial charge in [-0.15, -0.1) is 0 Å². The van der Waals surface area contributed by atoms with E-state index in [1.807, 2.05) is 6.92 Å². The van der Waals surface area contributed by atoms with E-state index in [1.54, 1.807) is 0 Å². The lowest BCUT2D eigenvalue weighted by Gasteiger charge is -2.51.